The molecule has 0 fully saturated rings. The van der Waals surface area contributed by atoms with Crippen LogP contribution in [0.1, 0.15) is 12.0 Å². The van der Waals surface area contributed by atoms with Gasteiger partial charge in [-0.05, 0) is 60.6 Å². The van der Waals surface area contributed by atoms with Crippen molar-refractivity contribution < 1.29 is 13.2 Å². The maximum atomic E-state index is 12.5. The van der Waals surface area contributed by atoms with Gasteiger partial charge >= 0.3 is 0 Å². The van der Waals surface area contributed by atoms with Crippen LogP contribution in [-0.2, 0) is 21.2 Å². The summed E-state index contributed by atoms with van der Waals surface area (Å²) in [6.07, 6.45) is 0.935. The summed E-state index contributed by atoms with van der Waals surface area (Å²) in [5.41, 5.74) is 2.13. The lowest BCUT2D eigenvalue weighted by Gasteiger charge is -2.11. The van der Waals surface area contributed by atoms with Crippen molar-refractivity contribution in [3.05, 3.63) is 90.5 Å². The predicted octanol–water partition coefficient (Wildman–Crippen LogP) is 3.93. The van der Waals surface area contributed by atoms with E-state index in [9.17, 15) is 13.2 Å². The van der Waals surface area contributed by atoms with Crippen LogP contribution in [0, 0.1) is 0 Å². The van der Waals surface area contributed by atoms with Gasteiger partial charge in [0, 0.05) is 17.8 Å². The molecule has 1 amide bonds. The third-order valence-electron chi connectivity index (χ3n) is 4.19. The van der Waals surface area contributed by atoms with Crippen molar-refractivity contribution in [3.8, 4) is 0 Å². The summed E-state index contributed by atoms with van der Waals surface area (Å²) in [7, 11) is -3.69. The fourth-order valence-electron chi connectivity index (χ4n) is 2.69. The standard InChI is InChI=1S/C22H21N3O3S2/c26-21(16-11-17-7-3-1-4-8-17)24-22(29)23-18-12-14-20(15-13-18)30(27,28)25-19-9-5-2-6-10-19/h1-10,12-15,25H,11,16H2,(H2,23,24,26,29). The van der Waals surface area contributed by atoms with Gasteiger partial charge in [0.05, 0.1) is 4.90 Å². The highest BCUT2D eigenvalue weighted by molar-refractivity contribution is 7.92. The second-order valence-corrected chi connectivity index (χ2v) is 8.57. The van der Waals surface area contributed by atoms with Crippen LogP contribution in [0.3, 0.4) is 0 Å². The zero-order chi connectivity index (χ0) is 21.4. The molecule has 0 aliphatic heterocycles. The molecule has 154 valence electrons. The van der Waals surface area contributed by atoms with Gasteiger partial charge in [0.15, 0.2) is 5.11 Å². The molecule has 0 saturated carbocycles. The molecule has 3 aromatic carbocycles. The Kier molecular flexibility index (Phi) is 7.16. The Balaban J connectivity index is 1.52. The largest absolute Gasteiger partial charge is 0.332 e. The van der Waals surface area contributed by atoms with Gasteiger partial charge in [0.2, 0.25) is 5.91 Å². The highest BCUT2D eigenvalue weighted by Gasteiger charge is 2.14. The van der Waals surface area contributed by atoms with Crippen LogP contribution in [0.15, 0.2) is 89.8 Å². The number of carbonyl (C=O) groups is 1. The molecule has 0 atom stereocenters. The number of aryl methyl sites for hydroxylation is 1. The third kappa shape index (κ3) is 6.40. The highest BCUT2D eigenvalue weighted by atomic mass is 32.2. The van der Waals surface area contributed by atoms with Gasteiger partial charge in [-0.25, -0.2) is 8.42 Å². The summed E-state index contributed by atoms with van der Waals surface area (Å²) in [5, 5.41) is 5.67. The van der Waals surface area contributed by atoms with Crippen LogP contribution in [0.2, 0.25) is 0 Å². The lowest BCUT2D eigenvalue weighted by molar-refractivity contribution is -0.119. The molecule has 0 unspecified atom stereocenters. The molecule has 3 N–H and O–H groups in total. The second-order valence-electron chi connectivity index (χ2n) is 6.48. The summed E-state index contributed by atoms with van der Waals surface area (Å²) in [6.45, 7) is 0. The Labute approximate surface area is 181 Å². The summed E-state index contributed by atoms with van der Waals surface area (Å²) in [4.78, 5) is 12.2. The molecule has 3 rings (SSSR count). The topological polar surface area (TPSA) is 87.3 Å². The van der Waals surface area contributed by atoms with Crippen LogP contribution in [0.25, 0.3) is 0 Å². The average molecular weight is 440 g/mol. The minimum absolute atomic E-state index is 0.120. The number of amides is 1. The van der Waals surface area contributed by atoms with Crippen LogP contribution in [0.4, 0.5) is 11.4 Å². The van der Waals surface area contributed by atoms with E-state index in [0.717, 1.165) is 5.56 Å². The molecule has 0 aliphatic carbocycles. The van der Waals surface area contributed by atoms with E-state index in [0.29, 0.717) is 24.2 Å². The van der Waals surface area contributed by atoms with E-state index in [1.165, 1.54) is 12.1 Å². The van der Waals surface area contributed by atoms with Crippen molar-refractivity contribution >= 4 is 44.6 Å². The number of hydrogen-bond acceptors (Lipinski definition) is 4. The zero-order valence-electron chi connectivity index (χ0n) is 16.0. The molecule has 0 heterocycles. The first-order valence-corrected chi connectivity index (χ1v) is 11.1. The molecule has 3 aromatic rings. The Hall–Kier alpha value is -3.23. The average Bonchev–Trinajstić information content (AvgIpc) is 2.74. The van der Waals surface area contributed by atoms with Crippen LogP contribution in [0.5, 0.6) is 0 Å². The number of carbonyl (C=O) groups excluding carboxylic acids is 1. The lowest BCUT2D eigenvalue weighted by atomic mass is 10.1. The van der Waals surface area contributed by atoms with Crippen LogP contribution in [-0.4, -0.2) is 19.4 Å². The zero-order valence-corrected chi connectivity index (χ0v) is 17.7. The number of thiocarbonyl (C=S) groups is 1. The Morgan fingerprint density at radius 2 is 1.40 bits per heavy atom. The number of benzene rings is 3. The second kappa shape index (κ2) is 10.00. The normalized spacial score (nSPS) is 10.8. The van der Waals surface area contributed by atoms with E-state index in [1.54, 1.807) is 36.4 Å². The first kappa shape index (κ1) is 21.5. The van der Waals surface area contributed by atoms with E-state index < -0.39 is 10.0 Å². The molecule has 0 saturated heterocycles. The summed E-state index contributed by atoms with van der Waals surface area (Å²) in [6, 6.07) is 24.5. The molecule has 0 spiro atoms. The van der Waals surface area contributed by atoms with Crippen molar-refractivity contribution in [2.75, 3.05) is 10.0 Å². The van der Waals surface area contributed by atoms with Gasteiger partial charge in [-0.15, -0.1) is 0 Å². The van der Waals surface area contributed by atoms with Gasteiger partial charge in [-0.3, -0.25) is 9.52 Å². The summed E-state index contributed by atoms with van der Waals surface area (Å²) < 4.78 is 27.4. The number of hydrogen-bond donors (Lipinski definition) is 3. The van der Waals surface area contributed by atoms with Crippen molar-refractivity contribution in [2.24, 2.45) is 0 Å². The Bertz CT molecular complexity index is 1100. The molecule has 6 nitrogen and oxygen atoms in total. The first-order chi connectivity index (χ1) is 14.4. The van der Waals surface area contributed by atoms with Crippen molar-refractivity contribution in [1.82, 2.24) is 5.32 Å². The molecule has 30 heavy (non-hydrogen) atoms. The SMILES string of the molecule is O=C(CCc1ccccc1)NC(=S)Nc1ccc(S(=O)(=O)Nc2ccccc2)cc1. The summed E-state index contributed by atoms with van der Waals surface area (Å²) in [5.74, 6) is -0.192. The lowest BCUT2D eigenvalue weighted by Crippen LogP contribution is -2.34. The van der Waals surface area contributed by atoms with Crippen molar-refractivity contribution in [1.29, 1.82) is 0 Å². The molecule has 8 heteroatoms. The molecular weight excluding hydrogens is 418 g/mol. The Morgan fingerprint density at radius 1 is 0.800 bits per heavy atom. The smallest absolute Gasteiger partial charge is 0.261 e. The van der Waals surface area contributed by atoms with Crippen LogP contribution < -0.4 is 15.4 Å². The van der Waals surface area contributed by atoms with Crippen LogP contribution >= 0.6 is 12.2 Å². The molecule has 0 radical (unpaired) electrons. The van der Waals surface area contributed by atoms with E-state index in [1.807, 2.05) is 36.4 Å². The van der Waals surface area contributed by atoms with Gasteiger partial charge in [-0.1, -0.05) is 48.5 Å². The molecule has 0 aliphatic rings. The van der Waals surface area contributed by atoms with E-state index in [4.69, 9.17) is 12.2 Å². The summed E-state index contributed by atoms with van der Waals surface area (Å²) >= 11 is 5.16. The maximum absolute atomic E-state index is 12.5. The monoisotopic (exact) mass is 439 g/mol. The number of anilines is 2. The fraction of sp³-hybridized carbons (Fsp3) is 0.0909. The first-order valence-electron chi connectivity index (χ1n) is 9.25. The molecular formula is C22H21N3O3S2. The highest BCUT2D eigenvalue weighted by Crippen LogP contribution is 2.18. The van der Waals surface area contributed by atoms with Gasteiger partial charge in [0.1, 0.15) is 0 Å². The maximum Gasteiger partial charge on any atom is 0.261 e. The Morgan fingerprint density at radius 3 is 2.03 bits per heavy atom. The van der Waals surface area contributed by atoms with E-state index in [-0.39, 0.29) is 15.9 Å². The minimum Gasteiger partial charge on any atom is -0.332 e. The van der Waals surface area contributed by atoms with Gasteiger partial charge in [0.25, 0.3) is 10.0 Å². The third-order valence-corrected chi connectivity index (χ3v) is 5.79. The fourth-order valence-corrected chi connectivity index (χ4v) is 3.98. The minimum atomic E-state index is -3.69. The number of para-hydroxylation sites is 1. The number of rotatable bonds is 7. The molecule has 0 bridgehead atoms. The molecule has 0 aromatic heterocycles. The van der Waals surface area contributed by atoms with Gasteiger partial charge < -0.3 is 10.6 Å². The number of sulfonamides is 1. The van der Waals surface area contributed by atoms with E-state index in [2.05, 4.69) is 15.4 Å². The number of nitrogens with one attached hydrogen (secondary N) is 3. The quantitative estimate of drug-likeness (QED) is 0.486. The van der Waals surface area contributed by atoms with E-state index >= 15 is 0 Å². The van der Waals surface area contributed by atoms with Gasteiger partial charge in [-0.2, -0.15) is 0 Å². The van der Waals surface area contributed by atoms with Crippen molar-refractivity contribution in [3.63, 3.8) is 0 Å². The van der Waals surface area contributed by atoms with Crippen molar-refractivity contribution in [2.45, 2.75) is 17.7 Å². The predicted molar refractivity (Wildman–Crippen MR) is 123 cm³/mol.